The van der Waals surface area contributed by atoms with Crippen LogP contribution in [0.2, 0.25) is 0 Å². The molecule has 0 radical (unpaired) electrons. The van der Waals surface area contributed by atoms with Crippen molar-refractivity contribution in [3.05, 3.63) is 41.6 Å². The molecule has 0 saturated carbocycles. The molecule has 0 aliphatic carbocycles. The molecule has 6 heteroatoms. The number of furan rings is 1. The molecule has 0 bridgehead atoms. The lowest BCUT2D eigenvalue weighted by molar-refractivity contribution is 0.0946. The van der Waals surface area contributed by atoms with E-state index < -0.39 is 0 Å². The number of carbonyl (C=O) groups is 1. The van der Waals surface area contributed by atoms with Gasteiger partial charge in [-0.05, 0) is 24.8 Å². The van der Waals surface area contributed by atoms with Crippen molar-refractivity contribution in [2.24, 2.45) is 0 Å². The van der Waals surface area contributed by atoms with Crippen molar-refractivity contribution >= 4 is 17.7 Å². The summed E-state index contributed by atoms with van der Waals surface area (Å²) in [6, 6.07) is 3.60. The van der Waals surface area contributed by atoms with Crippen molar-refractivity contribution < 1.29 is 9.21 Å². The van der Waals surface area contributed by atoms with Crippen LogP contribution >= 0.6 is 11.8 Å². The molecule has 2 rings (SSSR count). The summed E-state index contributed by atoms with van der Waals surface area (Å²) in [4.78, 5) is 20.6. The quantitative estimate of drug-likeness (QED) is 0.671. The van der Waals surface area contributed by atoms with Crippen LogP contribution in [-0.2, 0) is 13.0 Å². The van der Waals surface area contributed by atoms with Crippen LogP contribution in [0.3, 0.4) is 0 Å². The molecule has 0 aliphatic heterocycles. The Balaban J connectivity index is 2.09. The minimum atomic E-state index is -0.180. The molecule has 100 valence electrons. The zero-order valence-corrected chi connectivity index (χ0v) is 11.7. The molecule has 1 N–H and O–H groups in total. The molecule has 0 atom stereocenters. The second-order valence-electron chi connectivity index (χ2n) is 3.83. The molecule has 0 fully saturated rings. The zero-order chi connectivity index (χ0) is 13.7. The molecule has 1 amide bonds. The molecule has 19 heavy (non-hydrogen) atoms. The molecule has 2 aromatic rings. The van der Waals surface area contributed by atoms with E-state index in [4.69, 9.17) is 4.42 Å². The molecule has 0 aromatic carbocycles. The van der Waals surface area contributed by atoms with Crippen LogP contribution < -0.4 is 5.32 Å². The van der Waals surface area contributed by atoms with E-state index in [-0.39, 0.29) is 5.91 Å². The Bertz CT molecular complexity index is 555. The topological polar surface area (TPSA) is 68.0 Å². The highest BCUT2D eigenvalue weighted by Crippen LogP contribution is 2.13. The second-order valence-corrected chi connectivity index (χ2v) is 4.61. The van der Waals surface area contributed by atoms with Gasteiger partial charge in [-0.3, -0.25) is 4.79 Å². The van der Waals surface area contributed by atoms with Crippen LogP contribution in [-0.4, -0.2) is 22.1 Å². The predicted octanol–water partition coefficient (Wildman–Crippen LogP) is 2.28. The van der Waals surface area contributed by atoms with Crippen molar-refractivity contribution in [3.63, 3.8) is 0 Å². The van der Waals surface area contributed by atoms with Gasteiger partial charge in [-0.1, -0.05) is 18.7 Å². The number of amides is 1. The van der Waals surface area contributed by atoms with Crippen LogP contribution in [0.4, 0.5) is 0 Å². The molecule has 0 unspecified atom stereocenters. The fourth-order valence-corrected chi connectivity index (χ4v) is 1.99. The second kappa shape index (κ2) is 6.38. The van der Waals surface area contributed by atoms with Gasteiger partial charge in [-0.2, -0.15) is 0 Å². The van der Waals surface area contributed by atoms with E-state index in [2.05, 4.69) is 15.3 Å². The van der Waals surface area contributed by atoms with Gasteiger partial charge in [0.05, 0.1) is 24.1 Å². The lowest BCUT2D eigenvalue weighted by Crippen LogP contribution is -2.24. The number of carbonyl (C=O) groups excluding carboxylic acids is 1. The third-order valence-electron chi connectivity index (χ3n) is 2.61. The number of aromatic nitrogens is 2. The van der Waals surface area contributed by atoms with Gasteiger partial charge in [0.25, 0.3) is 5.91 Å². The minimum absolute atomic E-state index is 0.180. The number of hydrogen-bond donors (Lipinski definition) is 1. The molecule has 0 spiro atoms. The Kier molecular flexibility index (Phi) is 4.57. The molecule has 0 aliphatic rings. The first-order valence-corrected chi connectivity index (χ1v) is 7.17. The highest BCUT2D eigenvalue weighted by Gasteiger charge is 2.13. The fraction of sp³-hybridized carbons (Fsp3) is 0.308. The highest BCUT2D eigenvalue weighted by atomic mass is 32.2. The van der Waals surface area contributed by atoms with Gasteiger partial charge in [-0.15, -0.1) is 0 Å². The summed E-state index contributed by atoms with van der Waals surface area (Å²) in [6.45, 7) is 2.33. The highest BCUT2D eigenvalue weighted by molar-refractivity contribution is 7.98. The molecule has 0 saturated heterocycles. The zero-order valence-electron chi connectivity index (χ0n) is 10.8. The number of rotatable bonds is 5. The maximum atomic E-state index is 12.1. The van der Waals surface area contributed by atoms with Crippen LogP contribution in [0.1, 0.15) is 28.7 Å². The van der Waals surface area contributed by atoms with Crippen molar-refractivity contribution in [1.82, 2.24) is 15.3 Å². The van der Waals surface area contributed by atoms with Gasteiger partial charge in [0, 0.05) is 6.20 Å². The van der Waals surface area contributed by atoms with E-state index in [0.717, 1.165) is 5.69 Å². The maximum Gasteiger partial charge on any atom is 0.255 e. The predicted molar refractivity (Wildman–Crippen MR) is 73.1 cm³/mol. The Morgan fingerprint density at radius 3 is 3.00 bits per heavy atom. The molecule has 2 aromatic heterocycles. The summed E-state index contributed by atoms with van der Waals surface area (Å²) >= 11 is 1.46. The lowest BCUT2D eigenvalue weighted by atomic mass is 10.2. The van der Waals surface area contributed by atoms with E-state index >= 15 is 0 Å². The largest absolute Gasteiger partial charge is 0.467 e. The first kappa shape index (κ1) is 13.6. The summed E-state index contributed by atoms with van der Waals surface area (Å²) in [5.41, 5.74) is 1.28. The SMILES string of the molecule is CCc1nc(SC)ncc1C(=O)NCc1ccco1. The molecular weight excluding hydrogens is 262 g/mol. The van der Waals surface area contributed by atoms with Gasteiger partial charge >= 0.3 is 0 Å². The van der Waals surface area contributed by atoms with Gasteiger partial charge in [0.1, 0.15) is 5.76 Å². The van der Waals surface area contributed by atoms with E-state index in [1.807, 2.05) is 19.2 Å². The summed E-state index contributed by atoms with van der Waals surface area (Å²) in [5, 5.41) is 3.47. The Morgan fingerprint density at radius 1 is 1.53 bits per heavy atom. The smallest absolute Gasteiger partial charge is 0.255 e. The van der Waals surface area contributed by atoms with E-state index in [0.29, 0.717) is 29.4 Å². The minimum Gasteiger partial charge on any atom is -0.467 e. The number of hydrogen-bond acceptors (Lipinski definition) is 5. The number of aryl methyl sites for hydroxylation is 1. The summed E-state index contributed by atoms with van der Waals surface area (Å²) in [5.74, 6) is 0.536. The summed E-state index contributed by atoms with van der Waals surface area (Å²) in [6.07, 6.45) is 5.76. The van der Waals surface area contributed by atoms with Gasteiger partial charge in [0.15, 0.2) is 5.16 Å². The van der Waals surface area contributed by atoms with Crippen LogP contribution in [0, 0.1) is 0 Å². The van der Waals surface area contributed by atoms with Crippen molar-refractivity contribution in [2.45, 2.75) is 25.0 Å². The Morgan fingerprint density at radius 2 is 2.37 bits per heavy atom. The maximum absolute atomic E-state index is 12.1. The summed E-state index contributed by atoms with van der Waals surface area (Å²) < 4.78 is 5.16. The Hall–Kier alpha value is -1.82. The summed E-state index contributed by atoms with van der Waals surface area (Å²) in [7, 11) is 0. The van der Waals surface area contributed by atoms with Crippen LogP contribution in [0.5, 0.6) is 0 Å². The number of nitrogens with zero attached hydrogens (tertiary/aromatic N) is 2. The van der Waals surface area contributed by atoms with E-state index in [1.54, 1.807) is 18.5 Å². The normalized spacial score (nSPS) is 10.4. The van der Waals surface area contributed by atoms with Gasteiger partial charge < -0.3 is 9.73 Å². The number of thioether (sulfide) groups is 1. The molecule has 5 nitrogen and oxygen atoms in total. The van der Waals surface area contributed by atoms with Gasteiger partial charge in [0.2, 0.25) is 0 Å². The Labute approximate surface area is 115 Å². The van der Waals surface area contributed by atoms with E-state index in [1.165, 1.54) is 11.8 Å². The third-order valence-corrected chi connectivity index (χ3v) is 3.17. The van der Waals surface area contributed by atoms with Gasteiger partial charge in [-0.25, -0.2) is 9.97 Å². The molecular formula is C13H15N3O2S. The fourth-order valence-electron chi connectivity index (χ4n) is 1.63. The third kappa shape index (κ3) is 3.35. The van der Waals surface area contributed by atoms with E-state index in [9.17, 15) is 4.79 Å². The standard InChI is InChI=1S/C13H15N3O2S/c1-3-11-10(8-15-13(16-11)19-2)12(17)14-7-9-5-4-6-18-9/h4-6,8H,3,7H2,1-2H3,(H,14,17). The van der Waals surface area contributed by atoms with Crippen molar-refractivity contribution in [2.75, 3.05) is 6.26 Å². The molecule has 2 heterocycles. The van der Waals surface area contributed by atoms with Crippen LogP contribution in [0.25, 0.3) is 0 Å². The average molecular weight is 277 g/mol. The number of nitrogens with one attached hydrogen (secondary N) is 1. The van der Waals surface area contributed by atoms with Crippen molar-refractivity contribution in [3.8, 4) is 0 Å². The first-order valence-electron chi connectivity index (χ1n) is 5.95. The van der Waals surface area contributed by atoms with Crippen LogP contribution in [0.15, 0.2) is 34.2 Å². The first-order chi connectivity index (χ1) is 9.24. The lowest BCUT2D eigenvalue weighted by Gasteiger charge is -2.08. The monoisotopic (exact) mass is 277 g/mol. The average Bonchev–Trinajstić information content (AvgIpc) is 2.97. The van der Waals surface area contributed by atoms with Crippen molar-refractivity contribution in [1.29, 1.82) is 0 Å².